The molecule has 0 unspecified atom stereocenters. The standard InChI is InChI=1S/C14H15ClN4O2S/c1-2-21-12(20)7-18-8-19-13(16-17-14(19)22-9-18)10-4-3-5-11(15)6-10/h3-6H,2,7-9H2,1H3. The number of halogens is 1. The number of ether oxygens (including phenoxy) is 1. The van der Waals surface area contributed by atoms with Crippen molar-refractivity contribution in [2.45, 2.75) is 18.7 Å². The topological polar surface area (TPSA) is 60.2 Å². The molecule has 8 heteroatoms. The third-order valence-corrected chi connectivity index (χ3v) is 4.46. The molecule has 0 saturated carbocycles. The van der Waals surface area contributed by atoms with Gasteiger partial charge in [-0.05, 0) is 19.1 Å². The van der Waals surface area contributed by atoms with Gasteiger partial charge in [0.25, 0.3) is 0 Å². The molecular formula is C14H15ClN4O2S. The van der Waals surface area contributed by atoms with E-state index in [-0.39, 0.29) is 12.5 Å². The van der Waals surface area contributed by atoms with Crippen molar-refractivity contribution in [1.29, 1.82) is 0 Å². The number of aromatic nitrogens is 3. The van der Waals surface area contributed by atoms with Crippen molar-refractivity contribution < 1.29 is 9.53 Å². The summed E-state index contributed by atoms with van der Waals surface area (Å²) in [6.45, 7) is 3.01. The van der Waals surface area contributed by atoms with E-state index in [9.17, 15) is 4.79 Å². The average Bonchev–Trinajstić information content (AvgIpc) is 2.90. The summed E-state index contributed by atoms with van der Waals surface area (Å²) in [5.41, 5.74) is 0.907. The van der Waals surface area contributed by atoms with Crippen molar-refractivity contribution in [3.8, 4) is 11.4 Å². The Labute approximate surface area is 137 Å². The first-order valence-electron chi connectivity index (χ1n) is 6.87. The zero-order valence-electron chi connectivity index (χ0n) is 12.0. The number of thioether (sulfide) groups is 1. The minimum absolute atomic E-state index is 0.219. The van der Waals surface area contributed by atoms with Crippen LogP contribution in [-0.2, 0) is 16.2 Å². The molecule has 1 aliphatic heterocycles. The van der Waals surface area contributed by atoms with Gasteiger partial charge < -0.3 is 4.74 Å². The van der Waals surface area contributed by atoms with Gasteiger partial charge in [0.1, 0.15) is 0 Å². The van der Waals surface area contributed by atoms with E-state index in [4.69, 9.17) is 16.3 Å². The maximum Gasteiger partial charge on any atom is 0.320 e. The van der Waals surface area contributed by atoms with Gasteiger partial charge in [-0.15, -0.1) is 10.2 Å². The summed E-state index contributed by atoms with van der Waals surface area (Å²) in [6.07, 6.45) is 0. The maximum absolute atomic E-state index is 11.6. The first kappa shape index (κ1) is 15.3. The van der Waals surface area contributed by atoms with E-state index in [0.29, 0.717) is 24.2 Å². The fraction of sp³-hybridized carbons (Fsp3) is 0.357. The van der Waals surface area contributed by atoms with Crippen LogP contribution < -0.4 is 0 Å². The minimum Gasteiger partial charge on any atom is -0.465 e. The maximum atomic E-state index is 11.6. The molecule has 2 heterocycles. The van der Waals surface area contributed by atoms with Crippen LogP contribution in [0, 0.1) is 0 Å². The second kappa shape index (κ2) is 6.68. The second-order valence-electron chi connectivity index (χ2n) is 4.79. The lowest BCUT2D eigenvalue weighted by molar-refractivity contribution is -0.144. The van der Waals surface area contributed by atoms with Crippen LogP contribution in [0.1, 0.15) is 6.92 Å². The lowest BCUT2D eigenvalue weighted by atomic mass is 10.2. The molecule has 6 nitrogen and oxygen atoms in total. The van der Waals surface area contributed by atoms with E-state index in [1.807, 2.05) is 33.7 Å². The van der Waals surface area contributed by atoms with Crippen LogP contribution in [0.4, 0.5) is 0 Å². The molecule has 0 saturated heterocycles. The molecule has 0 fully saturated rings. The van der Waals surface area contributed by atoms with Crippen LogP contribution in [0.2, 0.25) is 5.02 Å². The van der Waals surface area contributed by atoms with E-state index < -0.39 is 0 Å². The molecule has 0 amide bonds. The molecular weight excluding hydrogens is 324 g/mol. The first-order chi connectivity index (χ1) is 10.7. The molecule has 3 rings (SSSR count). The summed E-state index contributed by atoms with van der Waals surface area (Å²) in [6, 6.07) is 7.50. The molecule has 0 spiro atoms. The van der Waals surface area contributed by atoms with Crippen LogP contribution in [0.5, 0.6) is 0 Å². The highest BCUT2D eigenvalue weighted by molar-refractivity contribution is 7.99. The fourth-order valence-electron chi connectivity index (χ4n) is 2.24. The highest BCUT2D eigenvalue weighted by Crippen LogP contribution is 2.29. The summed E-state index contributed by atoms with van der Waals surface area (Å²) in [7, 11) is 0. The average molecular weight is 339 g/mol. The Balaban J connectivity index is 1.81. The molecule has 1 aliphatic rings. The SMILES string of the molecule is CCOC(=O)CN1CSc2nnc(-c3cccc(Cl)c3)n2C1. The van der Waals surface area contributed by atoms with Crippen LogP contribution in [0.15, 0.2) is 29.4 Å². The molecule has 22 heavy (non-hydrogen) atoms. The van der Waals surface area contributed by atoms with Gasteiger partial charge >= 0.3 is 5.97 Å². The zero-order valence-corrected chi connectivity index (χ0v) is 13.6. The molecule has 2 aromatic rings. The lowest BCUT2D eigenvalue weighted by Crippen LogP contribution is -2.35. The normalized spacial score (nSPS) is 14.6. The van der Waals surface area contributed by atoms with Gasteiger partial charge in [-0.1, -0.05) is 35.5 Å². The number of carbonyl (C=O) groups excluding carboxylic acids is 1. The molecule has 0 aliphatic carbocycles. The summed E-state index contributed by atoms with van der Waals surface area (Å²) in [5, 5.41) is 9.95. The van der Waals surface area contributed by atoms with Crippen molar-refractivity contribution >= 4 is 29.3 Å². The summed E-state index contributed by atoms with van der Waals surface area (Å²) in [4.78, 5) is 13.6. The Morgan fingerprint density at radius 3 is 3.09 bits per heavy atom. The molecule has 1 aromatic heterocycles. The van der Waals surface area contributed by atoms with Gasteiger partial charge in [0.2, 0.25) is 0 Å². The van der Waals surface area contributed by atoms with Crippen molar-refractivity contribution in [1.82, 2.24) is 19.7 Å². The van der Waals surface area contributed by atoms with Gasteiger partial charge in [-0.2, -0.15) is 0 Å². The number of benzene rings is 1. The van der Waals surface area contributed by atoms with Crippen molar-refractivity contribution in [2.24, 2.45) is 0 Å². The Morgan fingerprint density at radius 1 is 1.45 bits per heavy atom. The molecule has 0 N–H and O–H groups in total. The summed E-state index contributed by atoms with van der Waals surface area (Å²) >= 11 is 7.59. The van der Waals surface area contributed by atoms with Crippen LogP contribution >= 0.6 is 23.4 Å². The Kier molecular flexibility index (Phi) is 4.66. The Bertz CT molecular complexity index is 691. The number of esters is 1. The van der Waals surface area contributed by atoms with Gasteiger partial charge in [-0.3, -0.25) is 14.3 Å². The number of carbonyl (C=O) groups is 1. The monoisotopic (exact) mass is 338 g/mol. The molecule has 0 atom stereocenters. The fourth-order valence-corrected chi connectivity index (χ4v) is 3.30. The van der Waals surface area contributed by atoms with Crippen LogP contribution in [-0.4, -0.2) is 44.7 Å². The molecule has 0 bridgehead atoms. The Hall–Kier alpha value is -1.57. The highest BCUT2D eigenvalue weighted by atomic mass is 35.5. The quantitative estimate of drug-likeness (QED) is 0.798. The van der Waals surface area contributed by atoms with Gasteiger partial charge in [0, 0.05) is 10.6 Å². The number of hydrogen-bond donors (Lipinski definition) is 0. The summed E-state index contributed by atoms with van der Waals surface area (Å²) < 4.78 is 6.98. The van der Waals surface area contributed by atoms with Crippen molar-refractivity contribution in [2.75, 3.05) is 19.0 Å². The third-order valence-electron chi connectivity index (χ3n) is 3.18. The first-order valence-corrected chi connectivity index (χ1v) is 8.23. The van der Waals surface area contributed by atoms with E-state index in [0.717, 1.165) is 16.5 Å². The molecule has 1 aromatic carbocycles. The number of nitrogens with zero attached hydrogens (tertiary/aromatic N) is 4. The molecule has 116 valence electrons. The van der Waals surface area contributed by atoms with E-state index >= 15 is 0 Å². The largest absolute Gasteiger partial charge is 0.465 e. The zero-order chi connectivity index (χ0) is 15.5. The van der Waals surface area contributed by atoms with Gasteiger partial charge in [0.05, 0.1) is 25.7 Å². The summed E-state index contributed by atoms with van der Waals surface area (Å²) in [5.74, 6) is 1.22. The minimum atomic E-state index is -0.219. The smallest absolute Gasteiger partial charge is 0.320 e. The number of hydrogen-bond acceptors (Lipinski definition) is 6. The van der Waals surface area contributed by atoms with Gasteiger partial charge in [-0.25, -0.2) is 0 Å². The lowest BCUT2D eigenvalue weighted by Gasteiger charge is -2.26. The predicted molar refractivity (Wildman–Crippen MR) is 84.5 cm³/mol. The number of fused-ring (bicyclic) bond motifs is 1. The third kappa shape index (κ3) is 3.26. The van der Waals surface area contributed by atoms with Crippen LogP contribution in [0.3, 0.4) is 0 Å². The highest BCUT2D eigenvalue weighted by Gasteiger charge is 2.24. The van der Waals surface area contributed by atoms with Gasteiger partial charge in [0.15, 0.2) is 11.0 Å². The second-order valence-corrected chi connectivity index (χ2v) is 6.14. The van der Waals surface area contributed by atoms with Crippen molar-refractivity contribution in [3.63, 3.8) is 0 Å². The van der Waals surface area contributed by atoms with E-state index in [1.165, 1.54) is 0 Å². The van der Waals surface area contributed by atoms with E-state index in [2.05, 4.69) is 10.2 Å². The van der Waals surface area contributed by atoms with E-state index in [1.54, 1.807) is 18.7 Å². The Morgan fingerprint density at radius 2 is 2.32 bits per heavy atom. The van der Waals surface area contributed by atoms with Crippen LogP contribution in [0.25, 0.3) is 11.4 Å². The number of rotatable bonds is 4. The predicted octanol–water partition coefficient (Wildman–Crippen LogP) is 2.48. The van der Waals surface area contributed by atoms with Crippen molar-refractivity contribution in [3.05, 3.63) is 29.3 Å². The molecule has 0 radical (unpaired) electrons.